The van der Waals surface area contributed by atoms with Gasteiger partial charge >= 0.3 is 5.97 Å². The smallest absolute Gasteiger partial charge is 0.332 e. The first-order valence-corrected chi connectivity index (χ1v) is 6.61. The summed E-state index contributed by atoms with van der Waals surface area (Å²) in [5.74, 6) is 0.432. The average Bonchev–Trinajstić information content (AvgIpc) is 2.27. The zero-order valence-electron chi connectivity index (χ0n) is 11.9. The molecule has 0 aromatic rings. The Kier molecular flexibility index (Phi) is 13.7. The van der Waals surface area contributed by atoms with Crippen LogP contribution in [0.5, 0.6) is 0 Å². The maximum absolute atomic E-state index is 10.3. The molecule has 0 aliphatic carbocycles. The molecule has 0 saturated heterocycles. The maximum Gasteiger partial charge on any atom is 0.332 e. The fraction of sp³-hybridized carbons (Fsp3) is 0.714. The van der Waals surface area contributed by atoms with Crippen LogP contribution >= 0.6 is 11.6 Å². The minimum atomic E-state index is -0.347. The summed E-state index contributed by atoms with van der Waals surface area (Å²) in [5.41, 5.74) is 0.433. The van der Waals surface area contributed by atoms with E-state index >= 15 is 0 Å². The molecule has 0 aliphatic rings. The third-order valence-corrected chi connectivity index (χ3v) is 2.38. The molecule has 18 heavy (non-hydrogen) atoms. The molecule has 0 unspecified atom stereocenters. The first-order valence-electron chi connectivity index (χ1n) is 6.23. The molecule has 3 nitrogen and oxygen atoms in total. The zero-order valence-corrected chi connectivity index (χ0v) is 12.7. The molecule has 0 bridgehead atoms. The molecule has 0 radical (unpaired) electrons. The summed E-state index contributed by atoms with van der Waals surface area (Å²) in [6.07, 6.45) is 5.11. The van der Waals surface area contributed by atoms with Crippen molar-refractivity contribution in [2.24, 2.45) is 5.92 Å². The standard InChI is InChI=1S/C9H17ClO.C5H8O2/c1-8(2)6-4-3-5-7-9(10)11;1-4(2)5(6)7-3/h8H,3-7H2,1-2H3;1H2,2-3H3. The molecule has 0 aromatic carbocycles. The van der Waals surface area contributed by atoms with Crippen LogP contribution < -0.4 is 0 Å². The van der Waals surface area contributed by atoms with E-state index in [1.165, 1.54) is 20.0 Å². The third kappa shape index (κ3) is 17.6. The Bertz CT molecular complexity index is 260. The van der Waals surface area contributed by atoms with Crippen molar-refractivity contribution in [3.8, 4) is 0 Å². The number of unbranched alkanes of at least 4 members (excludes halogenated alkanes) is 2. The molecule has 0 amide bonds. The van der Waals surface area contributed by atoms with Crippen molar-refractivity contribution in [3.05, 3.63) is 12.2 Å². The lowest BCUT2D eigenvalue weighted by molar-refractivity contribution is -0.136. The van der Waals surface area contributed by atoms with E-state index in [9.17, 15) is 9.59 Å². The second-order valence-electron chi connectivity index (χ2n) is 4.62. The number of esters is 1. The summed E-state index contributed by atoms with van der Waals surface area (Å²) in [4.78, 5) is 20.5. The Morgan fingerprint density at radius 1 is 1.22 bits per heavy atom. The molecule has 0 heterocycles. The van der Waals surface area contributed by atoms with Crippen LogP contribution in [0.3, 0.4) is 0 Å². The molecular weight excluding hydrogens is 252 g/mol. The van der Waals surface area contributed by atoms with Gasteiger partial charge in [-0.2, -0.15) is 0 Å². The summed E-state index contributed by atoms with van der Waals surface area (Å²) < 4.78 is 4.27. The number of methoxy groups -OCH3 is 1. The molecule has 0 atom stereocenters. The molecule has 0 rings (SSSR count). The van der Waals surface area contributed by atoms with Crippen LogP contribution in [-0.2, 0) is 14.3 Å². The SMILES string of the molecule is C=C(C)C(=O)OC.CC(C)CCCCCC(=O)Cl. The summed E-state index contributed by atoms with van der Waals surface area (Å²) in [7, 11) is 1.33. The Labute approximate surface area is 116 Å². The number of carbonyl (C=O) groups excluding carboxylic acids is 2. The molecular formula is C14H25ClO3. The second kappa shape index (κ2) is 12.6. The average molecular weight is 277 g/mol. The fourth-order valence-electron chi connectivity index (χ4n) is 1.17. The highest BCUT2D eigenvalue weighted by Gasteiger charge is 1.97. The van der Waals surface area contributed by atoms with Crippen LogP contribution in [-0.4, -0.2) is 18.3 Å². The van der Waals surface area contributed by atoms with Gasteiger partial charge in [0.1, 0.15) is 0 Å². The minimum Gasteiger partial charge on any atom is -0.466 e. The van der Waals surface area contributed by atoms with Gasteiger partial charge < -0.3 is 4.74 Å². The van der Waals surface area contributed by atoms with Gasteiger partial charge in [-0.3, -0.25) is 4.79 Å². The second-order valence-corrected chi connectivity index (χ2v) is 5.04. The molecule has 0 N–H and O–H groups in total. The maximum atomic E-state index is 10.3. The molecule has 0 fully saturated rings. The Balaban J connectivity index is 0. The molecule has 0 aromatic heterocycles. The number of hydrogen-bond acceptors (Lipinski definition) is 3. The fourth-order valence-corrected chi connectivity index (χ4v) is 1.30. The van der Waals surface area contributed by atoms with E-state index in [1.54, 1.807) is 6.92 Å². The number of halogens is 1. The van der Waals surface area contributed by atoms with Gasteiger partial charge in [-0.15, -0.1) is 0 Å². The molecule has 4 heteroatoms. The largest absolute Gasteiger partial charge is 0.466 e. The summed E-state index contributed by atoms with van der Waals surface area (Å²) in [6, 6.07) is 0. The predicted octanol–water partition coefficient (Wildman–Crippen LogP) is 4.09. The topological polar surface area (TPSA) is 43.4 Å². The Hall–Kier alpha value is -0.830. The lowest BCUT2D eigenvalue weighted by atomic mass is 10.0. The van der Waals surface area contributed by atoms with Gasteiger partial charge in [-0.1, -0.05) is 39.7 Å². The zero-order chi connectivity index (χ0) is 14.6. The summed E-state index contributed by atoms with van der Waals surface area (Å²) in [6.45, 7) is 9.38. The van der Waals surface area contributed by atoms with E-state index < -0.39 is 0 Å². The van der Waals surface area contributed by atoms with E-state index in [4.69, 9.17) is 11.6 Å². The van der Waals surface area contributed by atoms with Crippen LogP contribution in [0.15, 0.2) is 12.2 Å². The van der Waals surface area contributed by atoms with Crippen molar-refractivity contribution in [1.29, 1.82) is 0 Å². The van der Waals surface area contributed by atoms with E-state index in [0.29, 0.717) is 12.0 Å². The number of rotatable bonds is 7. The number of carbonyl (C=O) groups is 2. The molecule has 0 saturated carbocycles. The highest BCUT2D eigenvalue weighted by molar-refractivity contribution is 6.63. The number of hydrogen-bond donors (Lipinski definition) is 0. The van der Waals surface area contributed by atoms with Gasteiger partial charge in [0.25, 0.3) is 0 Å². The van der Waals surface area contributed by atoms with Crippen molar-refractivity contribution < 1.29 is 14.3 Å². The Morgan fingerprint density at radius 2 is 1.78 bits per heavy atom. The van der Waals surface area contributed by atoms with E-state index in [-0.39, 0.29) is 11.2 Å². The predicted molar refractivity (Wildman–Crippen MR) is 75.6 cm³/mol. The molecule has 0 aliphatic heterocycles. The van der Waals surface area contributed by atoms with E-state index in [0.717, 1.165) is 18.8 Å². The third-order valence-electron chi connectivity index (χ3n) is 2.19. The van der Waals surface area contributed by atoms with Crippen molar-refractivity contribution in [3.63, 3.8) is 0 Å². The first-order chi connectivity index (χ1) is 8.31. The van der Waals surface area contributed by atoms with E-state index in [1.807, 2.05) is 0 Å². The lowest BCUT2D eigenvalue weighted by Gasteiger charge is -2.02. The highest BCUT2D eigenvalue weighted by Crippen LogP contribution is 2.09. The quantitative estimate of drug-likeness (QED) is 0.304. The van der Waals surface area contributed by atoms with Crippen LogP contribution in [0, 0.1) is 5.92 Å². The van der Waals surface area contributed by atoms with Crippen molar-refractivity contribution in [2.45, 2.75) is 52.9 Å². The first kappa shape index (κ1) is 19.5. The monoisotopic (exact) mass is 276 g/mol. The van der Waals surface area contributed by atoms with Crippen molar-refractivity contribution in [1.82, 2.24) is 0 Å². The van der Waals surface area contributed by atoms with Gasteiger partial charge in [-0.05, 0) is 30.9 Å². The van der Waals surface area contributed by atoms with E-state index in [2.05, 4.69) is 25.2 Å². The summed E-state index contributed by atoms with van der Waals surface area (Å²) in [5, 5.41) is -0.199. The summed E-state index contributed by atoms with van der Waals surface area (Å²) >= 11 is 5.18. The Morgan fingerprint density at radius 3 is 2.06 bits per heavy atom. The van der Waals surface area contributed by atoms with Crippen LogP contribution in [0.1, 0.15) is 52.9 Å². The van der Waals surface area contributed by atoms with Gasteiger partial charge in [0.05, 0.1) is 7.11 Å². The number of ether oxygens (including phenoxy) is 1. The molecule has 0 spiro atoms. The highest BCUT2D eigenvalue weighted by atomic mass is 35.5. The van der Waals surface area contributed by atoms with Crippen LogP contribution in [0.4, 0.5) is 0 Å². The minimum absolute atomic E-state index is 0.199. The lowest BCUT2D eigenvalue weighted by Crippen LogP contribution is -1.98. The molecule has 106 valence electrons. The van der Waals surface area contributed by atoms with Crippen molar-refractivity contribution >= 4 is 22.8 Å². The van der Waals surface area contributed by atoms with Gasteiger partial charge in [0, 0.05) is 12.0 Å². The van der Waals surface area contributed by atoms with Crippen LogP contribution in [0.25, 0.3) is 0 Å². The van der Waals surface area contributed by atoms with Crippen molar-refractivity contribution in [2.75, 3.05) is 7.11 Å². The van der Waals surface area contributed by atoms with Gasteiger partial charge in [-0.25, -0.2) is 4.79 Å². The van der Waals surface area contributed by atoms with Gasteiger partial charge in [0.15, 0.2) is 0 Å². The van der Waals surface area contributed by atoms with Gasteiger partial charge in [0.2, 0.25) is 5.24 Å². The van der Waals surface area contributed by atoms with Crippen LogP contribution in [0.2, 0.25) is 0 Å². The normalized spacial score (nSPS) is 9.44.